The molecule has 9 aliphatic rings. The third-order valence-corrected chi connectivity index (χ3v) is 12.1. The Morgan fingerprint density at radius 1 is 0.236 bits per heavy atom. The Morgan fingerprint density at radius 3 is 0.375 bits per heavy atom. The van der Waals surface area contributed by atoms with Crippen LogP contribution in [-0.4, -0.2) is 222 Å². The van der Waals surface area contributed by atoms with Gasteiger partial charge in [-0.1, -0.05) is 193 Å². The van der Waals surface area contributed by atoms with Crippen molar-refractivity contribution in [3.8, 4) is 0 Å². The zero-order valence-electron chi connectivity index (χ0n) is 46.7. The molecule has 9 rings (SSSR count). The zero-order valence-corrected chi connectivity index (χ0v) is 62.1. The largest absolute Gasteiger partial charge is 3.00 e. The molecule has 0 aromatic carbocycles. The molecule has 0 amide bonds. The van der Waals surface area contributed by atoms with Crippen LogP contribution in [-0.2, 0) is 14.2 Å². The number of hydrogen-bond donors (Lipinski definition) is 1. The van der Waals surface area contributed by atoms with Crippen LogP contribution >= 0.6 is 0 Å². The van der Waals surface area contributed by atoms with E-state index in [9.17, 15) is 0 Å². The quantitative estimate of drug-likeness (QED) is 0.256. The van der Waals surface area contributed by atoms with Crippen molar-refractivity contribution in [1.29, 1.82) is 5.53 Å². The molecule has 0 aromatic heterocycles. The number of nitrogens with one attached hydrogen (secondary N) is 7. The van der Waals surface area contributed by atoms with Crippen molar-refractivity contribution in [2.75, 3.05) is 39.6 Å². The van der Waals surface area contributed by atoms with E-state index < -0.39 is 0 Å². The summed E-state index contributed by atoms with van der Waals surface area (Å²) in [5.74, 6) is 0. The normalized spacial score (nSPS) is 19.8. The molecule has 24 heteroatoms. The van der Waals surface area contributed by atoms with Gasteiger partial charge >= 0.3 is 124 Å². The van der Waals surface area contributed by atoms with Gasteiger partial charge in [-0.15, -0.1) is 36.3 Å². The fourth-order valence-corrected chi connectivity index (χ4v) is 8.15. The topological polar surface area (TPSA) is 317 Å². The van der Waals surface area contributed by atoms with Crippen molar-refractivity contribution in [3.63, 3.8) is 0 Å². The van der Waals surface area contributed by atoms with Crippen LogP contribution in [0.5, 0.6) is 0 Å². The molecular weight excluding hydrogens is 1540 g/mol. The van der Waals surface area contributed by atoms with Crippen LogP contribution in [0.15, 0.2) is 0 Å². The van der Waals surface area contributed by atoms with E-state index in [1.807, 2.05) is 0 Å². The molecule has 16 radical (unpaired) electrons. The van der Waals surface area contributed by atoms with Gasteiger partial charge in [0, 0.05) is 137 Å². The number of hydrogen-bond acceptors (Lipinski definition) is 4. The molecule has 0 bridgehead atoms. The molecule has 6 aliphatic carbocycles. The molecule has 6 saturated carbocycles. The Kier molecular flexibility index (Phi) is 148. The third-order valence-electron chi connectivity index (χ3n) is 12.1. The second-order valence-electron chi connectivity index (χ2n) is 18.0. The maximum absolute atomic E-state index is 7.27. The molecular formula is C48H103Li4N11O3Sb6. The van der Waals surface area contributed by atoms with Crippen LogP contribution in [0.3, 0.4) is 0 Å². The second-order valence-corrected chi connectivity index (χ2v) is 18.0. The summed E-state index contributed by atoms with van der Waals surface area (Å²) in [5, 5.41) is 0. The first-order valence-corrected chi connectivity index (χ1v) is 25.1. The van der Waals surface area contributed by atoms with Crippen LogP contribution in [0.2, 0.25) is 0 Å². The first kappa shape index (κ1) is 113. The van der Waals surface area contributed by atoms with Crippen LogP contribution < -0.4 is 75.4 Å². The van der Waals surface area contributed by atoms with Gasteiger partial charge in [0.1, 0.15) is 0 Å². The van der Waals surface area contributed by atoms with Crippen LogP contribution in [0.25, 0.3) is 58.4 Å². The van der Waals surface area contributed by atoms with E-state index in [0.717, 1.165) is 117 Å². The monoisotopic (exact) mass is 1640 g/mol. The predicted octanol–water partition coefficient (Wildman–Crippen LogP) is 5.09. The fraction of sp³-hybridized carbons (Fsp3) is 1.00. The van der Waals surface area contributed by atoms with Gasteiger partial charge < -0.3 is 78.1 Å². The van der Waals surface area contributed by atoms with E-state index in [1.165, 1.54) is 154 Å². The summed E-state index contributed by atoms with van der Waals surface area (Å²) < 4.78 is 14.8. The average molecular weight is 1640 g/mol. The first-order chi connectivity index (χ1) is 28.9. The van der Waals surface area contributed by atoms with Crippen molar-refractivity contribution in [1.82, 2.24) is 0 Å². The van der Waals surface area contributed by atoms with Gasteiger partial charge in [0.25, 0.3) is 0 Å². The fourth-order valence-electron chi connectivity index (χ4n) is 8.15. The maximum atomic E-state index is 7.27. The molecule has 3 aliphatic heterocycles. The summed E-state index contributed by atoms with van der Waals surface area (Å²) >= 11 is 0. The molecule has 3 heterocycles. The second kappa shape index (κ2) is 93.8. The molecule has 13 N–H and O–H groups in total. The van der Waals surface area contributed by atoms with E-state index >= 15 is 0 Å². The number of nitrogens with zero attached hydrogens (tertiary/aromatic N) is 1. The van der Waals surface area contributed by atoms with Crippen molar-refractivity contribution in [2.24, 2.45) is 0 Å². The molecule has 0 spiro atoms. The molecule has 0 aromatic rings. The molecule has 0 unspecified atom stereocenters. The summed E-state index contributed by atoms with van der Waals surface area (Å²) in [6.45, 7) is 6.00. The number of ether oxygens (including phenoxy) is 3. The van der Waals surface area contributed by atoms with Gasteiger partial charge in [-0.2, -0.15) is 0 Å². The smallest absolute Gasteiger partial charge is 0.715 e. The van der Waals surface area contributed by atoms with Crippen molar-refractivity contribution in [3.05, 3.63) is 58.4 Å². The van der Waals surface area contributed by atoms with E-state index in [2.05, 4.69) is 0 Å². The van der Waals surface area contributed by atoms with Gasteiger partial charge in [-0.25, -0.2) is 0 Å². The molecule has 14 nitrogen and oxygen atoms in total. The van der Waals surface area contributed by atoms with E-state index in [-0.39, 0.29) is 277 Å². The van der Waals surface area contributed by atoms with Crippen LogP contribution in [0, 0.1) is 5.53 Å². The zero-order chi connectivity index (χ0) is 43.3. The Bertz CT molecular complexity index is 659. The minimum Gasteiger partial charge on any atom is -0.715 e. The minimum atomic E-state index is 0. The van der Waals surface area contributed by atoms with E-state index in [1.54, 1.807) is 0 Å². The standard InChI is InChI=1S/6C6H12N.3C4H8O.4Li.HN2.3H2N.6Sb/c6*7-6-4-2-1-3-5-6;3*1-2-4-5-3-1;;;;;1-2;;;;;;;;;/h6*6-7H,1-5H2;3*1-4H2;;;;;1H;3*1H2;;;;;;/q6*-1;;;;4*+1;4*-1;;;;;2*+3. The van der Waals surface area contributed by atoms with E-state index in [0.29, 0.717) is 0 Å². The Labute approximate surface area is 598 Å². The molecule has 3 saturated heterocycles. The summed E-state index contributed by atoms with van der Waals surface area (Å²) in [6.07, 6.45) is 45.3. The predicted molar refractivity (Wildman–Crippen MR) is 304 cm³/mol. The summed E-state index contributed by atoms with van der Waals surface area (Å²) in [5.41, 5.74) is 54.6. The van der Waals surface area contributed by atoms with Gasteiger partial charge in [-0.3, -0.25) is 0 Å². The van der Waals surface area contributed by atoms with Gasteiger partial charge in [0.15, 0.2) is 0 Å². The number of nitrogens with two attached hydrogens (primary N) is 3. The first-order valence-electron chi connectivity index (χ1n) is 25.1. The molecule has 72 heavy (non-hydrogen) atoms. The molecule has 9 fully saturated rings. The summed E-state index contributed by atoms with van der Waals surface area (Å²) in [4.78, 5) is 0. The average Bonchev–Trinajstić information content (AvgIpc) is 4.14. The molecule has 402 valence electrons. The summed E-state index contributed by atoms with van der Waals surface area (Å²) in [6, 6.07) is 1.72. The van der Waals surface area contributed by atoms with Gasteiger partial charge in [0.05, 0.1) is 0 Å². The van der Waals surface area contributed by atoms with Gasteiger partial charge in [0.2, 0.25) is 0 Å². The van der Waals surface area contributed by atoms with Crippen molar-refractivity contribution >= 4 is 147 Å². The minimum absolute atomic E-state index is 0. The maximum Gasteiger partial charge on any atom is 3.00 e. The summed E-state index contributed by atoms with van der Waals surface area (Å²) in [7, 11) is 0. The Morgan fingerprint density at radius 2 is 0.333 bits per heavy atom. The van der Waals surface area contributed by atoms with Crippen molar-refractivity contribution < 1.29 is 89.7 Å². The third kappa shape index (κ3) is 90.2. The Hall–Kier alpha value is 6.42. The van der Waals surface area contributed by atoms with Crippen LogP contribution in [0.1, 0.15) is 231 Å². The SMILES string of the molecule is C1CCOC1.C1CCOC1.C1CCOC1.[Li+].[Li+].[Li+].[Li+].[N-]=N.[NH-]C1CCCCC1.[NH-]C1CCCCC1.[NH-]C1CCCCC1.[NH-]C1CCCCC1.[NH-]C1CCCCC1.[NH-]C1CCCCC1.[NH2-].[NH2-].[NH2-].[Sb+3].[Sb+3].[Sb].[Sb].[Sb].[Sb]. The Balaban J connectivity index is -0.0000000427. The van der Waals surface area contributed by atoms with Crippen molar-refractivity contribution in [2.45, 2.75) is 267 Å². The van der Waals surface area contributed by atoms with E-state index in [4.69, 9.17) is 59.7 Å². The van der Waals surface area contributed by atoms with Gasteiger partial charge in [-0.05, 0) is 38.5 Å². The van der Waals surface area contributed by atoms with Crippen LogP contribution in [0.4, 0.5) is 0 Å². The number of rotatable bonds is 0. The molecule has 0 atom stereocenters.